The van der Waals surface area contributed by atoms with Crippen LogP contribution >= 0.6 is 0 Å². The average Bonchev–Trinajstić information content (AvgIpc) is 2.48. The van der Waals surface area contributed by atoms with Crippen molar-refractivity contribution in [2.75, 3.05) is 19.6 Å². The maximum absolute atomic E-state index is 6.23. The van der Waals surface area contributed by atoms with Gasteiger partial charge in [-0.3, -0.25) is 4.90 Å². The van der Waals surface area contributed by atoms with Gasteiger partial charge in [0.1, 0.15) is 0 Å². The summed E-state index contributed by atoms with van der Waals surface area (Å²) in [7, 11) is 0. The zero-order valence-electron chi connectivity index (χ0n) is 12.5. The number of piperidine rings is 1. The van der Waals surface area contributed by atoms with Crippen LogP contribution in [0.15, 0.2) is 0 Å². The summed E-state index contributed by atoms with van der Waals surface area (Å²) >= 11 is 0. The van der Waals surface area contributed by atoms with Gasteiger partial charge in [-0.25, -0.2) is 0 Å². The van der Waals surface area contributed by atoms with Gasteiger partial charge in [0.25, 0.3) is 0 Å². The molecule has 3 heteroatoms. The van der Waals surface area contributed by atoms with Crippen molar-refractivity contribution in [1.29, 1.82) is 0 Å². The highest BCUT2D eigenvalue weighted by Gasteiger charge is 2.48. The molecule has 2 atom stereocenters. The summed E-state index contributed by atoms with van der Waals surface area (Å²) in [6, 6.07) is 0.563. The molecule has 0 aromatic carbocycles. The predicted molar refractivity (Wildman–Crippen MR) is 75.6 cm³/mol. The average molecular weight is 254 g/mol. The van der Waals surface area contributed by atoms with Crippen LogP contribution in [0.4, 0.5) is 0 Å². The molecule has 0 aromatic heterocycles. The van der Waals surface area contributed by atoms with E-state index in [4.69, 9.17) is 10.5 Å². The van der Waals surface area contributed by atoms with Crippen molar-refractivity contribution in [1.82, 2.24) is 4.90 Å². The minimum absolute atomic E-state index is 0.0197. The fourth-order valence-corrected chi connectivity index (χ4v) is 3.95. The summed E-state index contributed by atoms with van der Waals surface area (Å²) in [6.07, 6.45) is 4.99. The van der Waals surface area contributed by atoms with Crippen molar-refractivity contribution in [2.24, 2.45) is 11.7 Å². The summed E-state index contributed by atoms with van der Waals surface area (Å²) in [5.74, 6) is 0.795. The van der Waals surface area contributed by atoms with Gasteiger partial charge in [-0.2, -0.15) is 0 Å². The van der Waals surface area contributed by atoms with Gasteiger partial charge in [0.05, 0.1) is 11.2 Å². The van der Waals surface area contributed by atoms with Crippen LogP contribution in [-0.2, 0) is 4.74 Å². The zero-order valence-corrected chi connectivity index (χ0v) is 12.5. The molecule has 2 aliphatic heterocycles. The molecule has 2 aliphatic rings. The number of likely N-dealkylation sites (tertiary alicyclic amines) is 1. The normalized spacial score (nSPS) is 35.8. The van der Waals surface area contributed by atoms with Gasteiger partial charge in [0.2, 0.25) is 0 Å². The van der Waals surface area contributed by atoms with Crippen LogP contribution in [0.1, 0.15) is 53.4 Å². The molecule has 2 unspecified atom stereocenters. The Balaban J connectivity index is 2.02. The molecular formula is C15H30N2O. The molecule has 3 nitrogen and oxygen atoms in total. The molecule has 0 amide bonds. The summed E-state index contributed by atoms with van der Waals surface area (Å²) in [5, 5.41) is 0. The summed E-state index contributed by atoms with van der Waals surface area (Å²) < 4.78 is 6.23. The van der Waals surface area contributed by atoms with Gasteiger partial charge in [0, 0.05) is 12.6 Å². The van der Waals surface area contributed by atoms with Gasteiger partial charge in [-0.15, -0.1) is 0 Å². The second-order valence-electron chi connectivity index (χ2n) is 7.27. The van der Waals surface area contributed by atoms with Crippen LogP contribution in [0, 0.1) is 5.92 Å². The van der Waals surface area contributed by atoms with E-state index < -0.39 is 0 Å². The first-order chi connectivity index (χ1) is 8.34. The first kappa shape index (κ1) is 14.3. The Kier molecular flexibility index (Phi) is 4.05. The number of ether oxygens (including phenoxy) is 1. The highest BCUT2D eigenvalue weighted by atomic mass is 16.5. The molecule has 2 heterocycles. The highest BCUT2D eigenvalue weighted by Crippen LogP contribution is 2.41. The summed E-state index contributed by atoms with van der Waals surface area (Å²) in [6.45, 7) is 12.2. The molecule has 2 N–H and O–H groups in total. The van der Waals surface area contributed by atoms with Gasteiger partial charge in [-0.05, 0) is 72.4 Å². The van der Waals surface area contributed by atoms with Gasteiger partial charge in [-0.1, -0.05) is 0 Å². The Labute approximate surface area is 112 Å². The molecular weight excluding hydrogens is 224 g/mol. The number of hydrogen-bond acceptors (Lipinski definition) is 3. The van der Waals surface area contributed by atoms with Crippen molar-refractivity contribution in [3.63, 3.8) is 0 Å². The quantitative estimate of drug-likeness (QED) is 0.840. The number of hydrogen-bond donors (Lipinski definition) is 1. The maximum Gasteiger partial charge on any atom is 0.0789 e. The summed E-state index contributed by atoms with van der Waals surface area (Å²) in [4.78, 5) is 2.67. The van der Waals surface area contributed by atoms with Crippen LogP contribution in [0.5, 0.6) is 0 Å². The first-order valence-electron chi connectivity index (χ1n) is 7.48. The topological polar surface area (TPSA) is 38.5 Å². The van der Waals surface area contributed by atoms with Crippen molar-refractivity contribution in [3.8, 4) is 0 Å². The second kappa shape index (κ2) is 5.10. The Bertz CT molecular complexity index is 286. The fraction of sp³-hybridized carbons (Fsp3) is 1.00. The lowest BCUT2D eigenvalue weighted by Gasteiger charge is -2.41. The van der Waals surface area contributed by atoms with Crippen LogP contribution < -0.4 is 5.73 Å². The van der Waals surface area contributed by atoms with Crippen LogP contribution in [-0.4, -0.2) is 41.8 Å². The Morgan fingerprint density at radius 2 is 2.00 bits per heavy atom. The van der Waals surface area contributed by atoms with E-state index in [-0.39, 0.29) is 11.2 Å². The highest BCUT2D eigenvalue weighted by molar-refractivity contribution is 5.01. The second-order valence-corrected chi connectivity index (χ2v) is 7.27. The molecule has 2 saturated heterocycles. The Hall–Kier alpha value is -0.120. The smallest absolute Gasteiger partial charge is 0.0789 e. The lowest BCUT2D eigenvalue weighted by molar-refractivity contribution is -0.0834. The van der Waals surface area contributed by atoms with Crippen molar-refractivity contribution in [2.45, 2.75) is 70.6 Å². The molecule has 0 saturated carbocycles. The van der Waals surface area contributed by atoms with Crippen molar-refractivity contribution >= 4 is 0 Å². The molecule has 2 rings (SSSR count). The van der Waals surface area contributed by atoms with E-state index >= 15 is 0 Å². The molecule has 0 radical (unpaired) electrons. The van der Waals surface area contributed by atoms with E-state index in [1.807, 2.05) is 0 Å². The number of nitrogens with two attached hydrogens (primary N) is 1. The minimum Gasteiger partial charge on any atom is -0.368 e. The van der Waals surface area contributed by atoms with E-state index in [2.05, 4.69) is 32.6 Å². The predicted octanol–water partition coefficient (Wildman–Crippen LogP) is 2.39. The third-order valence-corrected chi connectivity index (χ3v) is 4.59. The molecule has 106 valence electrons. The first-order valence-corrected chi connectivity index (χ1v) is 7.48. The van der Waals surface area contributed by atoms with E-state index in [9.17, 15) is 0 Å². The lowest BCUT2D eigenvalue weighted by atomic mass is 9.88. The zero-order chi connectivity index (χ0) is 13.4. The lowest BCUT2D eigenvalue weighted by Crippen LogP contribution is -2.50. The van der Waals surface area contributed by atoms with Gasteiger partial charge >= 0.3 is 0 Å². The standard InChI is InChI=1S/C15H30N2O/c1-14(2)10-13(15(3,4)18-14)17-9-5-6-12(11-17)7-8-16/h12-13H,5-11,16H2,1-4H3. The Morgan fingerprint density at radius 1 is 1.28 bits per heavy atom. The van der Waals surface area contributed by atoms with Crippen LogP contribution in [0.3, 0.4) is 0 Å². The van der Waals surface area contributed by atoms with E-state index in [0.717, 1.165) is 18.9 Å². The SMILES string of the molecule is CC1(C)CC(N2CCCC(CCN)C2)C(C)(C)O1. The van der Waals surface area contributed by atoms with Crippen LogP contribution in [0.25, 0.3) is 0 Å². The third-order valence-electron chi connectivity index (χ3n) is 4.59. The fourth-order valence-electron chi connectivity index (χ4n) is 3.95. The van der Waals surface area contributed by atoms with Crippen LogP contribution in [0.2, 0.25) is 0 Å². The molecule has 0 aromatic rings. The van der Waals surface area contributed by atoms with E-state index in [1.165, 1.54) is 32.4 Å². The molecule has 0 bridgehead atoms. The molecule has 18 heavy (non-hydrogen) atoms. The molecule has 0 spiro atoms. The number of rotatable bonds is 3. The largest absolute Gasteiger partial charge is 0.368 e. The Morgan fingerprint density at radius 3 is 2.56 bits per heavy atom. The van der Waals surface area contributed by atoms with E-state index in [1.54, 1.807) is 0 Å². The maximum atomic E-state index is 6.23. The summed E-state index contributed by atoms with van der Waals surface area (Å²) in [5.41, 5.74) is 5.71. The van der Waals surface area contributed by atoms with E-state index in [0.29, 0.717) is 6.04 Å². The van der Waals surface area contributed by atoms with Crippen molar-refractivity contribution in [3.05, 3.63) is 0 Å². The van der Waals surface area contributed by atoms with Crippen molar-refractivity contribution < 1.29 is 4.74 Å². The molecule has 2 fully saturated rings. The third kappa shape index (κ3) is 3.06. The monoisotopic (exact) mass is 254 g/mol. The van der Waals surface area contributed by atoms with Gasteiger partial charge < -0.3 is 10.5 Å². The number of nitrogens with zero attached hydrogens (tertiary/aromatic N) is 1. The molecule has 0 aliphatic carbocycles. The minimum atomic E-state index is -0.0197. The van der Waals surface area contributed by atoms with Gasteiger partial charge in [0.15, 0.2) is 0 Å².